The fourth-order valence-electron chi connectivity index (χ4n) is 8.62. The monoisotopic (exact) mass is 924 g/mol. The van der Waals surface area contributed by atoms with Gasteiger partial charge in [0.2, 0.25) is 0 Å². The second-order valence-corrected chi connectivity index (χ2v) is 18.8. The van der Waals surface area contributed by atoms with Crippen molar-refractivity contribution in [2.45, 2.75) is 100 Å². The van der Waals surface area contributed by atoms with Gasteiger partial charge >= 0.3 is 18.4 Å². The molecule has 324 valence electrons. The summed E-state index contributed by atoms with van der Waals surface area (Å²) in [4.78, 5) is 20.8. The molecule has 4 aromatic carbocycles. The topological polar surface area (TPSA) is 89.1 Å². The molecule has 0 fully saturated rings. The zero-order valence-corrected chi connectivity index (χ0v) is 36.3. The predicted octanol–water partition coefficient (Wildman–Crippen LogP) is 12.8. The third kappa shape index (κ3) is 9.30. The highest BCUT2D eigenvalue weighted by molar-refractivity contribution is 6.35. The second-order valence-electron chi connectivity index (χ2n) is 17.1. The molecule has 0 saturated carbocycles. The van der Waals surface area contributed by atoms with Gasteiger partial charge in [0, 0.05) is 50.4 Å². The second kappa shape index (κ2) is 16.7. The molecule has 3 N–H and O–H groups in total. The number of nitrogens with two attached hydrogens (primary N) is 1. The number of alkyl halides is 6. The Morgan fingerprint density at radius 2 is 1.10 bits per heavy atom. The van der Waals surface area contributed by atoms with Crippen LogP contribution in [-0.4, -0.2) is 48.6 Å². The zero-order chi connectivity index (χ0) is 44.3. The first-order valence-electron chi connectivity index (χ1n) is 19.6. The summed E-state index contributed by atoms with van der Waals surface area (Å²) >= 11 is 24.0. The van der Waals surface area contributed by atoms with Gasteiger partial charge < -0.3 is 15.8 Å². The summed E-state index contributed by atoms with van der Waals surface area (Å²) in [5, 5.41) is 3.55. The highest BCUT2D eigenvalue weighted by Gasteiger charge is 2.60. The van der Waals surface area contributed by atoms with Gasteiger partial charge in [0.15, 0.2) is 0 Å². The van der Waals surface area contributed by atoms with Crippen LogP contribution in [0.1, 0.15) is 103 Å². The van der Waals surface area contributed by atoms with Crippen LogP contribution in [0.15, 0.2) is 82.8 Å². The summed E-state index contributed by atoms with van der Waals surface area (Å²) in [6.45, 7) is 4.58. The van der Waals surface area contributed by atoms with Gasteiger partial charge in [0.25, 0.3) is 0 Å². The van der Waals surface area contributed by atoms with Gasteiger partial charge in [-0.2, -0.15) is 26.3 Å². The summed E-state index contributed by atoms with van der Waals surface area (Å²) in [6, 6.07) is 19.1. The van der Waals surface area contributed by atoms with Crippen LogP contribution in [-0.2, 0) is 28.4 Å². The Bertz CT molecular complexity index is 2390. The van der Waals surface area contributed by atoms with Crippen molar-refractivity contribution >= 4 is 63.9 Å². The molecule has 2 aliphatic heterocycles. The van der Waals surface area contributed by atoms with Crippen LogP contribution >= 0.6 is 46.4 Å². The number of carbonyl (C=O) groups is 1. The van der Waals surface area contributed by atoms with Crippen molar-refractivity contribution in [3.05, 3.63) is 137 Å². The van der Waals surface area contributed by atoms with Crippen molar-refractivity contribution in [1.29, 1.82) is 0 Å². The summed E-state index contributed by atoms with van der Waals surface area (Å²) in [7, 11) is 0. The number of hydrogen-bond donors (Lipinski definition) is 2. The quantitative estimate of drug-likeness (QED) is 0.195. The summed E-state index contributed by atoms with van der Waals surface area (Å²) in [5.41, 5.74) is 7.51. The lowest BCUT2D eigenvalue weighted by atomic mass is 9.76. The van der Waals surface area contributed by atoms with E-state index < -0.39 is 41.4 Å². The summed E-state index contributed by atoms with van der Waals surface area (Å²) in [6.07, 6.45) is -6.96. The van der Waals surface area contributed by atoms with Gasteiger partial charge in [-0.1, -0.05) is 70.7 Å². The van der Waals surface area contributed by atoms with Gasteiger partial charge in [-0.3, -0.25) is 9.98 Å². The van der Waals surface area contributed by atoms with E-state index in [1.165, 1.54) is 36.4 Å². The van der Waals surface area contributed by atoms with E-state index >= 15 is 0 Å². The number of aryl methyl sites for hydroxylation is 2. The number of amides is 1. The minimum absolute atomic E-state index is 0.00225. The van der Waals surface area contributed by atoms with Gasteiger partial charge in [-0.05, 0) is 139 Å². The summed E-state index contributed by atoms with van der Waals surface area (Å²) in [5.74, 6) is 0. The lowest BCUT2D eigenvalue weighted by molar-refractivity contribution is -0.184. The number of ether oxygens (including phenoxy) is 1. The number of carbonyl (C=O) groups excluding carboxylic acids is 1. The molecule has 4 aromatic rings. The van der Waals surface area contributed by atoms with Crippen LogP contribution in [0, 0.1) is 0 Å². The van der Waals surface area contributed by atoms with Crippen molar-refractivity contribution in [3.8, 4) is 0 Å². The standard InChI is InChI=1S/C25H25Cl2F3N2O2.C20H17Cl2F3N2/c1-23(2,3)34-22(33)32-20-7-5-14-8-15(4-6-19(14)20)21-12-24(13-31-21,25(28,29)30)16-9-17(26)11-18(27)10-16;21-14-6-13(7-15(22)8-14)19(20(23,24)25)9-18(27-10-19)12-1-3-16-11(5-12)2-4-17(16)26/h4,6,8-11,20H,5,7,12-13H2,1-3H3,(H,32,33);1,3,5-8,17H,2,4,9-10,26H2. The third-order valence-electron chi connectivity index (χ3n) is 11.8. The molecular weight excluding hydrogens is 884 g/mol. The van der Waals surface area contributed by atoms with Gasteiger partial charge in [-0.15, -0.1) is 0 Å². The number of aliphatic imine (C=N–C) groups is 2. The Morgan fingerprint density at radius 3 is 1.54 bits per heavy atom. The maximum Gasteiger partial charge on any atom is 0.408 e. The molecule has 61 heavy (non-hydrogen) atoms. The fourth-order valence-corrected chi connectivity index (χ4v) is 9.68. The first-order chi connectivity index (χ1) is 28.5. The lowest BCUT2D eigenvalue weighted by Crippen LogP contribution is -2.43. The molecule has 8 rings (SSSR count). The molecule has 2 aliphatic carbocycles. The number of halogens is 10. The van der Waals surface area contributed by atoms with Crippen LogP contribution < -0.4 is 11.1 Å². The normalized spacial score (nSPS) is 23.4. The molecule has 4 atom stereocenters. The van der Waals surface area contributed by atoms with Crippen molar-refractivity contribution in [3.63, 3.8) is 0 Å². The number of fused-ring (bicyclic) bond motifs is 2. The molecule has 0 saturated heterocycles. The largest absolute Gasteiger partial charge is 0.444 e. The average Bonchev–Trinajstić information content (AvgIpc) is 3.96. The van der Waals surface area contributed by atoms with Crippen molar-refractivity contribution in [1.82, 2.24) is 5.32 Å². The third-order valence-corrected chi connectivity index (χ3v) is 12.7. The van der Waals surface area contributed by atoms with Crippen LogP contribution in [0.3, 0.4) is 0 Å². The Morgan fingerprint density at radius 1 is 0.672 bits per heavy atom. The minimum Gasteiger partial charge on any atom is -0.444 e. The summed E-state index contributed by atoms with van der Waals surface area (Å²) < 4.78 is 90.8. The first kappa shape index (κ1) is 45.2. The van der Waals surface area contributed by atoms with E-state index in [-0.39, 0.29) is 62.7 Å². The Labute approximate surface area is 369 Å². The molecule has 0 bridgehead atoms. The van der Waals surface area contributed by atoms with E-state index in [0.29, 0.717) is 29.8 Å². The first-order valence-corrected chi connectivity index (χ1v) is 21.1. The molecule has 0 spiro atoms. The van der Waals surface area contributed by atoms with E-state index in [2.05, 4.69) is 15.3 Å². The van der Waals surface area contributed by atoms with Crippen molar-refractivity contribution in [2.75, 3.05) is 13.1 Å². The molecule has 6 nitrogen and oxygen atoms in total. The SMILES string of the molecule is CC(C)(C)OC(=O)NC1CCc2cc(C3=NCC(c4cc(Cl)cc(Cl)c4)(C(F)(F)F)C3)ccc21.NC1CCc2cc(C3=NCC(c4cc(Cl)cc(Cl)c4)(C(F)(F)F)C3)ccc21. The maximum absolute atomic E-state index is 14.4. The maximum atomic E-state index is 14.4. The van der Waals surface area contributed by atoms with Crippen LogP contribution in [0.4, 0.5) is 31.1 Å². The van der Waals surface area contributed by atoms with Gasteiger partial charge in [0.1, 0.15) is 16.4 Å². The molecule has 2 heterocycles. The van der Waals surface area contributed by atoms with E-state index in [4.69, 9.17) is 56.9 Å². The lowest BCUT2D eigenvalue weighted by Gasteiger charge is -2.31. The predicted molar refractivity (Wildman–Crippen MR) is 229 cm³/mol. The minimum atomic E-state index is -4.54. The average molecular weight is 927 g/mol. The Hall–Kier alpha value is -3.81. The van der Waals surface area contributed by atoms with Gasteiger partial charge in [0.05, 0.1) is 19.1 Å². The fraction of sp³-hybridized carbons (Fsp3) is 0.400. The number of hydrogen-bond acceptors (Lipinski definition) is 5. The smallest absolute Gasteiger partial charge is 0.408 e. The molecule has 0 radical (unpaired) electrons. The molecule has 4 aliphatic rings. The van der Waals surface area contributed by atoms with E-state index in [0.717, 1.165) is 40.7 Å². The molecule has 4 unspecified atom stereocenters. The van der Waals surface area contributed by atoms with Crippen LogP contribution in [0.2, 0.25) is 20.1 Å². The Balaban J connectivity index is 0.000000189. The molecule has 1 amide bonds. The van der Waals surface area contributed by atoms with Crippen molar-refractivity contribution < 1.29 is 35.9 Å². The number of alkyl carbamates (subject to hydrolysis) is 1. The number of nitrogens with one attached hydrogen (secondary N) is 1. The van der Waals surface area contributed by atoms with Crippen LogP contribution in [0.25, 0.3) is 0 Å². The molecular formula is C45H42Cl4F6N4O2. The Kier molecular flexibility index (Phi) is 12.4. The molecule has 0 aromatic heterocycles. The number of benzene rings is 4. The highest BCUT2D eigenvalue weighted by atomic mass is 35.5. The van der Waals surface area contributed by atoms with Gasteiger partial charge in [-0.25, -0.2) is 4.79 Å². The number of rotatable bonds is 5. The van der Waals surface area contributed by atoms with E-state index in [1.54, 1.807) is 26.8 Å². The number of nitrogens with zero attached hydrogens (tertiary/aromatic N) is 2. The van der Waals surface area contributed by atoms with E-state index in [9.17, 15) is 31.1 Å². The van der Waals surface area contributed by atoms with Crippen LogP contribution in [0.5, 0.6) is 0 Å². The molecule has 16 heteroatoms. The van der Waals surface area contributed by atoms with Crippen molar-refractivity contribution in [2.24, 2.45) is 15.7 Å². The zero-order valence-electron chi connectivity index (χ0n) is 33.3. The highest BCUT2D eigenvalue weighted by Crippen LogP contribution is 2.51. The van der Waals surface area contributed by atoms with E-state index in [1.807, 2.05) is 30.3 Å².